The van der Waals surface area contributed by atoms with Crippen LogP contribution in [0.3, 0.4) is 0 Å². The molecule has 8 heterocycles. The van der Waals surface area contributed by atoms with Crippen LogP contribution in [0.1, 0.15) is 79.1 Å². The zero-order chi connectivity index (χ0) is 29.1. The fourth-order valence-electron chi connectivity index (χ4n) is 9.72. The maximum Gasteiger partial charge on any atom is 0.201 e. The fourth-order valence-corrected chi connectivity index (χ4v) is 9.72. The highest BCUT2D eigenvalue weighted by Gasteiger charge is 2.70. The van der Waals surface area contributed by atoms with Gasteiger partial charge in [0.1, 0.15) is 0 Å². The molecule has 0 aromatic heterocycles. The Morgan fingerprint density at radius 3 is 1.50 bits per heavy atom. The van der Waals surface area contributed by atoms with E-state index >= 15 is 0 Å². The summed E-state index contributed by atoms with van der Waals surface area (Å²) >= 11 is 0. The van der Waals surface area contributed by atoms with Crippen LogP contribution in [0.4, 0.5) is 0 Å². The van der Waals surface area contributed by atoms with Gasteiger partial charge in [-0.15, -0.1) is 0 Å². The molecule has 4 bridgehead atoms. The van der Waals surface area contributed by atoms with Gasteiger partial charge in [-0.05, 0) is 87.2 Å². The predicted octanol–water partition coefficient (Wildman–Crippen LogP) is 5.28. The summed E-state index contributed by atoms with van der Waals surface area (Å²) in [5, 5.41) is 0. The van der Waals surface area contributed by atoms with E-state index < -0.39 is 47.9 Å². The maximum atomic E-state index is 6.46. The molecule has 10 nitrogen and oxygen atoms in total. The Balaban J connectivity index is 0.939. The molecule has 2 aliphatic carbocycles. The Bertz CT molecular complexity index is 1040. The van der Waals surface area contributed by atoms with E-state index in [4.69, 9.17) is 48.0 Å². The Morgan fingerprint density at radius 1 is 0.643 bits per heavy atom. The minimum Gasteiger partial charge on any atom is -0.346 e. The van der Waals surface area contributed by atoms with Crippen LogP contribution < -0.4 is 0 Å². The summed E-state index contributed by atoms with van der Waals surface area (Å²) < 4.78 is 38.3. The van der Waals surface area contributed by atoms with Gasteiger partial charge in [0.15, 0.2) is 36.4 Å². The van der Waals surface area contributed by atoms with E-state index in [-0.39, 0.29) is 36.9 Å². The third-order valence-electron chi connectivity index (χ3n) is 12.1. The lowest BCUT2D eigenvalue weighted by molar-refractivity contribution is -0.568. The van der Waals surface area contributed by atoms with Gasteiger partial charge in [0.25, 0.3) is 0 Å². The van der Waals surface area contributed by atoms with Crippen LogP contribution >= 0.6 is 0 Å². The average Bonchev–Trinajstić information content (AvgIpc) is 3.33. The van der Waals surface area contributed by atoms with Crippen molar-refractivity contribution in [1.29, 1.82) is 0 Å². The summed E-state index contributed by atoms with van der Waals surface area (Å²) in [5.41, 5.74) is 0.356. The fraction of sp³-hybridized carbons (Fsp3) is 0.875. The van der Waals surface area contributed by atoms with Gasteiger partial charge in [-0.25, -0.2) is 19.6 Å². The van der Waals surface area contributed by atoms with Crippen LogP contribution in [0, 0.1) is 35.5 Å². The van der Waals surface area contributed by atoms with Crippen molar-refractivity contribution in [3.8, 4) is 0 Å². The molecule has 10 rings (SSSR count). The quantitative estimate of drug-likeness (QED) is 0.239. The number of rotatable bonds is 5. The molecule has 0 amide bonds. The van der Waals surface area contributed by atoms with Crippen LogP contribution in [0.2, 0.25) is 0 Å². The molecule has 14 atom stereocenters. The van der Waals surface area contributed by atoms with Crippen molar-refractivity contribution in [3.63, 3.8) is 0 Å². The average molecular weight is 591 g/mol. The summed E-state index contributed by atoms with van der Waals surface area (Å²) in [6.07, 6.45) is 5.09. The van der Waals surface area contributed by atoms with Crippen molar-refractivity contribution in [3.05, 3.63) is 24.3 Å². The summed E-state index contributed by atoms with van der Waals surface area (Å²) in [6, 6.07) is 0. The van der Waals surface area contributed by atoms with Gasteiger partial charge in [0, 0.05) is 24.7 Å². The molecule has 10 heteroatoms. The second-order valence-corrected chi connectivity index (χ2v) is 14.5. The highest BCUT2D eigenvalue weighted by molar-refractivity contribution is 5.23. The second-order valence-electron chi connectivity index (χ2n) is 14.5. The lowest BCUT2D eigenvalue weighted by atomic mass is 9.59. The van der Waals surface area contributed by atoms with E-state index in [1.807, 2.05) is 13.8 Å². The Labute approximate surface area is 248 Å². The van der Waals surface area contributed by atoms with Gasteiger partial charge < -0.3 is 28.4 Å². The molecule has 8 saturated heterocycles. The SMILES string of the molecule is C=C1[C@@H](OCCO[C@H]2O[C@@H]3OC4(C)CC[C@H]5[C@H](C)CC[C@@H](C2=C)[C@@]35OO4)O[C@@H]2OC3(C)CC[C@H]4[C@H](C)CC[C@@H]1[C@@]24OO3. The van der Waals surface area contributed by atoms with E-state index in [0.29, 0.717) is 11.8 Å². The Kier molecular flexibility index (Phi) is 6.65. The molecule has 8 aliphatic heterocycles. The molecule has 0 N–H and O–H groups in total. The second kappa shape index (κ2) is 9.79. The number of ether oxygens (including phenoxy) is 6. The topological polar surface area (TPSA) is 92.3 Å². The molecule has 0 aromatic carbocycles. The van der Waals surface area contributed by atoms with Crippen molar-refractivity contribution in [2.45, 2.75) is 127 Å². The Morgan fingerprint density at radius 2 is 1.07 bits per heavy atom. The number of hydrogen-bond acceptors (Lipinski definition) is 10. The van der Waals surface area contributed by atoms with Gasteiger partial charge in [-0.1, -0.05) is 27.0 Å². The van der Waals surface area contributed by atoms with E-state index in [9.17, 15) is 0 Å². The molecule has 0 aromatic rings. The third kappa shape index (κ3) is 3.93. The first-order valence-electron chi connectivity index (χ1n) is 16.1. The van der Waals surface area contributed by atoms with E-state index in [0.717, 1.165) is 62.5 Å². The van der Waals surface area contributed by atoms with E-state index in [1.54, 1.807) is 0 Å². The van der Waals surface area contributed by atoms with Crippen molar-refractivity contribution in [1.82, 2.24) is 0 Å². The normalized spacial score (nSPS) is 56.4. The first kappa shape index (κ1) is 28.5. The zero-order valence-electron chi connectivity index (χ0n) is 25.3. The summed E-state index contributed by atoms with van der Waals surface area (Å²) in [6.45, 7) is 17.9. The molecular formula is C32H46O10. The van der Waals surface area contributed by atoms with E-state index in [1.165, 1.54) is 0 Å². The summed E-state index contributed by atoms with van der Waals surface area (Å²) in [7, 11) is 0. The van der Waals surface area contributed by atoms with Gasteiger partial charge in [0.05, 0.1) is 13.2 Å². The lowest BCUT2D eigenvalue weighted by Gasteiger charge is -2.59. The first-order valence-corrected chi connectivity index (χ1v) is 16.1. The van der Waals surface area contributed by atoms with Crippen LogP contribution in [0.5, 0.6) is 0 Å². The third-order valence-corrected chi connectivity index (χ3v) is 12.1. The highest BCUT2D eigenvalue weighted by atomic mass is 17.3. The molecule has 0 radical (unpaired) electrons. The Hall–Kier alpha value is -0.920. The summed E-state index contributed by atoms with van der Waals surface area (Å²) in [4.78, 5) is 24.2. The predicted molar refractivity (Wildman–Crippen MR) is 146 cm³/mol. The van der Waals surface area contributed by atoms with Crippen molar-refractivity contribution >= 4 is 0 Å². The monoisotopic (exact) mass is 590 g/mol. The minimum atomic E-state index is -0.832. The number of hydrogen-bond donors (Lipinski definition) is 0. The molecule has 10 fully saturated rings. The molecule has 2 saturated carbocycles. The maximum absolute atomic E-state index is 6.46. The molecule has 10 aliphatic rings. The first-order chi connectivity index (χ1) is 20.1. The van der Waals surface area contributed by atoms with Crippen molar-refractivity contribution < 1.29 is 48.0 Å². The minimum absolute atomic E-state index is 0.0247. The van der Waals surface area contributed by atoms with Crippen LogP contribution in [0.25, 0.3) is 0 Å². The van der Waals surface area contributed by atoms with Gasteiger partial charge in [0.2, 0.25) is 11.6 Å². The van der Waals surface area contributed by atoms with Gasteiger partial charge in [-0.3, -0.25) is 0 Å². The standard InChI is InChI=1S/C32H46O10/c1-17-7-9-23-19(3)25(35-27-31(23)21(17)11-13-29(5,37-27)39-41-31)33-15-16-34-26-20(4)24-10-8-18(2)22-12-14-30(6)38-28(36-26)32(22,24)42-40-30/h17-18,21-28H,3-4,7-16H2,1-2,5-6H3/t17-,18-,21+,22+,23+,24+,25+,26+,27-,28-,29?,30?,31-,32-/m1/s1. The molecule has 2 spiro atoms. The largest absolute Gasteiger partial charge is 0.346 e. The molecular weight excluding hydrogens is 544 g/mol. The van der Waals surface area contributed by atoms with E-state index in [2.05, 4.69) is 27.0 Å². The summed E-state index contributed by atoms with van der Waals surface area (Å²) in [5.74, 6) is -0.113. The van der Waals surface area contributed by atoms with Crippen LogP contribution in [-0.2, 0) is 48.0 Å². The lowest BCUT2D eigenvalue weighted by Crippen LogP contribution is -2.69. The van der Waals surface area contributed by atoms with Crippen molar-refractivity contribution in [2.75, 3.05) is 13.2 Å². The molecule has 42 heavy (non-hydrogen) atoms. The molecule has 2 unspecified atom stereocenters. The zero-order valence-corrected chi connectivity index (χ0v) is 25.3. The number of fused-ring (bicyclic) bond motifs is 4. The van der Waals surface area contributed by atoms with Crippen molar-refractivity contribution in [2.24, 2.45) is 35.5 Å². The molecule has 234 valence electrons. The van der Waals surface area contributed by atoms with Crippen LogP contribution in [-0.4, -0.2) is 61.2 Å². The van der Waals surface area contributed by atoms with Crippen LogP contribution in [0.15, 0.2) is 24.3 Å². The smallest absolute Gasteiger partial charge is 0.201 e. The van der Waals surface area contributed by atoms with Gasteiger partial charge >= 0.3 is 0 Å². The highest BCUT2D eigenvalue weighted by Crippen LogP contribution is 2.62. The van der Waals surface area contributed by atoms with Gasteiger partial charge in [-0.2, -0.15) is 0 Å².